The first-order chi connectivity index (χ1) is 7.61. The van der Waals surface area contributed by atoms with E-state index in [-0.39, 0.29) is 11.9 Å². The molecule has 0 bridgehead atoms. The highest BCUT2D eigenvalue weighted by molar-refractivity contribution is 5.81. The zero-order valence-corrected chi connectivity index (χ0v) is 10.5. The SMILES string of the molecule is CCCNC(=O)C(C)NCCC(O)COC. The molecule has 0 aliphatic heterocycles. The highest BCUT2D eigenvalue weighted by Gasteiger charge is 2.11. The highest BCUT2D eigenvalue weighted by Crippen LogP contribution is 1.91. The Morgan fingerprint density at radius 1 is 1.44 bits per heavy atom. The number of carbonyl (C=O) groups excluding carboxylic acids is 1. The molecule has 0 saturated heterocycles. The van der Waals surface area contributed by atoms with Gasteiger partial charge in [-0.3, -0.25) is 4.79 Å². The van der Waals surface area contributed by atoms with Crippen molar-refractivity contribution in [1.29, 1.82) is 0 Å². The second kappa shape index (κ2) is 9.57. The van der Waals surface area contributed by atoms with Crippen LogP contribution in [0.15, 0.2) is 0 Å². The largest absolute Gasteiger partial charge is 0.391 e. The fourth-order valence-corrected chi connectivity index (χ4v) is 1.24. The lowest BCUT2D eigenvalue weighted by Gasteiger charge is -2.15. The average molecular weight is 232 g/mol. The number of nitrogens with one attached hydrogen (secondary N) is 2. The summed E-state index contributed by atoms with van der Waals surface area (Å²) in [4.78, 5) is 11.4. The van der Waals surface area contributed by atoms with Gasteiger partial charge in [0.1, 0.15) is 0 Å². The Hall–Kier alpha value is -0.650. The summed E-state index contributed by atoms with van der Waals surface area (Å²) in [6.07, 6.45) is 1.05. The van der Waals surface area contributed by atoms with Crippen LogP contribution < -0.4 is 10.6 Å². The molecule has 0 radical (unpaired) electrons. The monoisotopic (exact) mass is 232 g/mol. The van der Waals surface area contributed by atoms with Gasteiger partial charge in [-0.15, -0.1) is 0 Å². The van der Waals surface area contributed by atoms with Crippen molar-refractivity contribution < 1.29 is 14.6 Å². The summed E-state index contributed by atoms with van der Waals surface area (Å²) in [5.74, 6) is 0.00285. The molecular weight excluding hydrogens is 208 g/mol. The summed E-state index contributed by atoms with van der Waals surface area (Å²) in [6, 6.07) is -0.221. The van der Waals surface area contributed by atoms with Gasteiger partial charge in [-0.05, 0) is 26.3 Å². The van der Waals surface area contributed by atoms with E-state index in [1.165, 1.54) is 0 Å². The molecule has 2 unspecified atom stereocenters. The number of carbonyl (C=O) groups is 1. The maximum atomic E-state index is 11.4. The van der Waals surface area contributed by atoms with Crippen molar-refractivity contribution in [2.45, 2.75) is 38.8 Å². The Balaban J connectivity index is 3.56. The summed E-state index contributed by atoms with van der Waals surface area (Å²) in [5.41, 5.74) is 0. The van der Waals surface area contributed by atoms with E-state index in [0.717, 1.165) is 6.42 Å². The van der Waals surface area contributed by atoms with Crippen LogP contribution in [0.25, 0.3) is 0 Å². The molecule has 0 saturated carbocycles. The third-order valence-corrected chi connectivity index (χ3v) is 2.23. The second-order valence-corrected chi connectivity index (χ2v) is 3.86. The molecule has 3 N–H and O–H groups in total. The van der Waals surface area contributed by atoms with Gasteiger partial charge in [0.25, 0.3) is 0 Å². The number of amides is 1. The Kier molecular flexibility index (Phi) is 9.18. The van der Waals surface area contributed by atoms with Crippen LogP contribution in [-0.4, -0.2) is 50.0 Å². The minimum atomic E-state index is -0.469. The van der Waals surface area contributed by atoms with Crippen LogP contribution in [0.4, 0.5) is 0 Å². The average Bonchev–Trinajstić information content (AvgIpc) is 2.26. The molecule has 0 rings (SSSR count). The third kappa shape index (κ3) is 7.62. The summed E-state index contributed by atoms with van der Waals surface area (Å²) >= 11 is 0. The fourth-order valence-electron chi connectivity index (χ4n) is 1.24. The van der Waals surface area contributed by atoms with Crippen LogP contribution in [0.1, 0.15) is 26.7 Å². The molecule has 0 aromatic rings. The number of ether oxygens (including phenoxy) is 1. The van der Waals surface area contributed by atoms with E-state index in [0.29, 0.717) is 26.1 Å². The van der Waals surface area contributed by atoms with E-state index in [1.807, 2.05) is 13.8 Å². The number of aliphatic hydroxyl groups is 1. The lowest BCUT2D eigenvalue weighted by molar-refractivity contribution is -0.122. The van der Waals surface area contributed by atoms with Gasteiger partial charge in [-0.25, -0.2) is 0 Å². The van der Waals surface area contributed by atoms with Crippen molar-refractivity contribution in [3.8, 4) is 0 Å². The maximum absolute atomic E-state index is 11.4. The van der Waals surface area contributed by atoms with Crippen molar-refractivity contribution in [2.75, 3.05) is 26.8 Å². The molecule has 0 aliphatic carbocycles. The number of hydrogen-bond donors (Lipinski definition) is 3. The standard InChI is InChI=1S/C11H24N2O3/c1-4-6-13-11(15)9(2)12-7-5-10(14)8-16-3/h9-10,12,14H,4-8H2,1-3H3,(H,13,15). The highest BCUT2D eigenvalue weighted by atomic mass is 16.5. The van der Waals surface area contributed by atoms with Crippen molar-refractivity contribution in [2.24, 2.45) is 0 Å². The van der Waals surface area contributed by atoms with Gasteiger partial charge in [0.2, 0.25) is 5.91 Å². The summed E-state index contributed by atoms with van der Waals surface area (Å²) in [6.45, 7) is 5.47. The van der Waals surface area contributed by atoms with Crippen molar-refractivity contribution in [3.05, 3.63) is 0 Å². The molecule has 5 nitrogen and oxygen atoms in total. The predicted octanol–water partition coefficient (Wildman–Crippen LogP) is -0.112. The Morgan fingerprint density at radius 2 is 2.12 bits per heavy atom. The summed E-state index contributed by atoms with van der Waals surface area (Å²) in [7, 11) is 1.55. The van der Waals surface area contributed by atoms with E-state index in [4.69, 9.17) is 4.74 Å². The molecule has 0 aromatic heterocycles. The molecule has 0 aromatic carbocycles. The van der Waals surface area contributed by atoms with E-state index in [1.54, 1.807) is 7.11 Å². The molecule has 0 fully saturated rings. The van der Waals surface area contributed by atoms with Crippen LogP contribution in [0.5, 0.6) is 0 Å². The molecule has 2 atom stereocenters. The van der Waals surface area contributed by atoms with Gasteiger partial charge in [0.05, 0.1) is 18.8 Å². The fraction of sp³-hybridized carbons (Fsp3) is 0.909. The molecule has 16 heavy (non-hydrogen) atoms. The Bertz CT molecular complexity index is 188. The molecule has 0 heterocycles. The normalized spacial score (nSPS) is 14.5. The van der Waals surface area contributed by atoms with Crippen molar-refractivity contribution in [3.63, 3.8) is 0 Å². The van der Waals surface area contributed by atoms with E-state index in [2.05, 4.69) is 10.6 Å². The van der Waals surface area contributed by atoms with Crippen LogP contribution in [0.3, 0.4) is 0 Å². The number of methoxy groups -OCH3 is 1. The molecule has 0 aliphatic rings. The summed E-state index contributed by atoms with van der Waals surface area (Å²) in [5, 5.41) is 15.2. The molecule has 1 amide bonds. The van der Waals surface area contributed by atoms with Gasteiger partial charge in [-0.1, -0.05) is 6.92 Å². The maximum Gasteiger partial charge on any atom is 0.236 e. The number of hydrogen-bond acceptors (Lipinski definition) is 4. The predicted molar refractivity (Wildman–Crippen MR) is 63.3 cm³/mol. The number of aliphatic hydroxyl groups excluding tert-OH is 1. The van der Waals surface area contributed by atoms with Gasteiger partial charge in [0, 0.05) is 13.7 Å². The van der Waals surface area contributed by atoms with Gasteiger partial charge >= 0.3 is 0 Å². The minimum Gasteiger partial charge on any atom is -0.391 e. The van der Waals surface area contributed by atoms with Gasteiger partial charge < -0.3 is 20.5 Å². The Morgan fingerprint density at radius 3 is 2.69 bits per heavy atom. The third-order valence-electron chi connectivity index (χ3n) is 2.23. The zero-order chi connectivity index (χ0) is 12.4. The lowest BCUT2D eigenvalue weighted by Crippen LogP contribution is -2.43. The summed E-state index contributed by atoms with van der Waals surface area (Å²) < 4.78 is 4.80. The smallest absolute Gasteiger partial charge is 0.236 e. The molecule has 5 heteroatoms. The second-order valence-electron chi connectivity index (χ2n) is 3.86. The van der Waals surface area contributed by atoms with E-state index >= 15 is 0 Å². The quantitative estimate of drug-likeness (QED) is 0.519. The first-order valence-corrected chi connectivity index (χ1v) is 5.79. The first kappa shape index (κ1) is 15.3. The minimum absolute atomic E-state index is 0.00285. The number of rotatable bonds is 9. The van der Waals surface area contributed by atoms with E-state index in [9.17, 15) is 9.90 Å². The van der Waals surface area contributed by atoms with Crippen LogP contribution in [-0.2, 0) is 9.53 Å². The first-order valence-electron chi connectivity index (χ1n) is 5.79. The molecule has 0 spiro atoms. The molecular formula is C11H24N2O3. The lowest BCUT2D eigenvalue weighted by atomic mass is 10.2. The van der Waals surface area contributed by atoms with Gasteiger partial charge in [-0.2, -0.15) is 0 Å². The van der Waals surface area contributed by atoms with Crippen molar-refractivity contribution in [1.82, 2.24) is 10.6 Å². The Labute approximate surface area is 97.6 Å². The van der Waals surface area contributed by atoms with Crippen LogP contribution in [0, 0.1) is 0 Å². The van der Waals surface area contributed by atoms with E-state index < -0.39 is 6.10 Å². The van der Waals surface area contributed by atoms with Crippen molar-refractivity contribution >= 4 is 5.91 Å². The van der Waals surface area contributed by atoms with Crippen LogP contribution in [0.2, 0.25) is 0 Å². The molecule has 96 valence electrons. The topological polar surface area (TPSA) is 70.6 Å². The zero-order valence-electron chi connectivity index (χ0n) is 10.5. The van der Waals surface area contributed by atoms with Crippen LogP contribution >= 0.6 is 0 Å². The van der Waals surface area contributed by atoms with Gasteiger partial charge in [0.15, 0.2) is 0 Å².